The molecule has 9 heteroatoms. The lowest BCUT2D eigenvalue weighted by Gasteiger charge is -2.33. The minimum Gasteiger partial charge on any atom is -0.356 e. The maximum atomic E-state index is 11.8. The van der Waals surface area contributed by atoms with Gasteiger partial charge in [-0.15, -0.1) is 24.0 Å². The van der Waals surface area contributed by atoms with Crippen LogP contribution in [0.15, 0.2) is 35.3 Å². The highest BCUT2D eigenvalue weighted by Crippen LogP contribution is 2.13. The lowest BCUT2D eigenvalue weighted by molar-refractivity contribution is 0.198. The monoisotopic (exact) mass is 537 g/mol. The van der Waals surface area contributed by atoms with E-state index in [2.05, 4.69) is 50.9 Å². The van der Waals surface area contributed by atoms with Crippen molar-refractivity contribution in [3.8, 4) is 0 Å². The number of benzene rings is 1. The third-order valence-corrected chi connectivity index (χ3v) is 7.04. The van der Waals surface area contributed by atoms with Crippen molar-refractivity contribution in [1.29, 1.82) is 0 Å². The smallest absolute Gasteiger partial charge is 0.213 e. The van der Waals surface area contributed by atoms with Crippen LogP contribution >= 0.6 is 24.0 Å². The summed E-state index contributed by atoms with van der Waals surface area (Å²) in [6.45, 7) is 6.02. The first kappa shape index (κ1) is 26.1. The largest absolute Gasteiger partial charge is 0.356 e. The number of aliphatic imine (C=N–C) groups is 1. The molecule has 1 aliphatic heterocycles. The zero-order chi connectivity index (χ0) is 20.4. The van der Waals surface area contributed by atoms with Crippen molar-refractivity contribution < 1.29 is 8.42 Å². The highest BCUT2D eigenvalue weighted by Gasteiger charge is 2.20. The summed E-state index contributed by atoms with van der Waals surface area (Å²) in [5.74, 6) is 0.936. The maximum Gasteiger partial charge on any atom is 0.213 e. The minimum atomic E-state index is -3.10. The van der Waals surface area contributed by atoms with Crippen LogP contribution in [0.3, 0.4) is 0 Å². The van der Waals surface area contributed by atoms with Crippen LogP contribution in [0.1, 0.15) is 31.7 Å². The Morgan fingerprint density at radius 3 is 2.48 bits per heavy atom. The molecular formula is C20H36IN5O2S. The van der Waals surface area contributed by atoms with Crippen LogP contribution in [0, 0.1) is 0 Å². The van der Waals surface area contributed by atoms with Gasteiger partial charge in [-0.05, 0) is 31.7 Å². The van der Waals surface area contributed by atoms with Gasteiger partial charge < -0.3 is 10.6 Å². The molecule has 0 bridgehead atoms. The number of nitrogens with zero attached hydrogens (tertiary/aromatic N) is 3. The van der Waals surface area contributed by atoms with Crippen molar-refractivity contribution >= 4 is 40.0 Å². The number of hydrogen-bond donors (Lipinski definition) is 2. The van der Waals surface area contributed by atoms with Gasteiger partial charge in [0.2, 0.25) is 10.0 Å². The number of sulfonamides is 1. The second-order valence-corrected chi connectivity index (χ2v) is 9.62. The van der Waals surface area contributed by atoms with Crippen LogP contribution in [0.5, 0.6) is 0 Å². The molecule has 1 aromatic rings. The molecule has 2 N–H and O–H groups in total. The fraction of sp³-hybridized carbons (Fsp3) is 0.650. The highest BCUT2D eigenvalue weighted by molar-refractivity contribution is 14.0. The van der Waals surface area contributed by atoms with Crippen LogP contribution in [0.25, 0.3) is 0 Å². The lowest BCUT2D eigenvalue weighted by Crippen LogP contribution is -2.48. The number of rotatable bonds is 9. The average molecular weight is 538 g/mol. The van der Waals surface area contributed by atoms with Gasteiger partial charge in [0.1, 0.15) is 0 Å². The van der Waals surface area contributed by atoms with E-state index in [1.807, 2.05) is 0 Å². The molecule has 1 aromatic carbocycles. The molecule has 7 nitrogen and oxygen atoms in total. The van der Waals surface area contributed by atoms with E-state index in [0.29, 0.717) is 19.1 Å². The maximum absolute atomic E-state index is 11.8. The third kappa shape index (κ3) is 9.18. The van der Waals surface area contributed by atoms with E-state index in [1.165, 1.54) is 9.87 Å². The molecule has 166 valence electrons. The first-order valence-electron chi connectivity index (χ1n) is 10.1. The normalized spacial score (nSPS) is 16.5. The SMILES string of the molecule is CCS(=O)(=O)N(C)CCCNC(=NC)NC1CCN(Cc2ccccc2)CC1.I. The molecule has 0 aromatic heterocycles. The molecule has 0 amide bonds. The van der Waals surface area contributed by atoms with Gasteiger partial charge in [0, 0.05) is 52.9 Å². The minimum absolute atomic E-state index is 0. The summed E-state index contributed by atoms with van der Waals surface area (Å²) in [5, 5.41) is 6.80. The summed E-state index contributed by atoms with van der Waals surface area (Å²) in [6, 6.07) is 11.0. The fourth-order valence-electron chi connectivity index (χ4n) is 3.33. The Kier molecular flexibility index (Phi) is 12.1. The van der Waals surface area contributed by atoms with Crippen molar-refractivity contribution in [2.24, 2.45) is 4.99 Å². The van der Waals surface area contributed by atoms with E-state index < -0.39 is 10.0 Å². The van der Waals surface area contributed by atoms with Crippen molar-refractivity contribution in [2.75, 3.05) is 46.0 Å². The van der Waals surface area contributed by atoms with Crippen molar-refractivity contribution in [1.82, 2.24) is 19.8 Å². The highest BCUT2D eigenvalue weighted by atomic mass is 127. The summed E-state index contributed by atoms with van der Waals surface area (Å²) in [7, 11) is 0.305. The van der Waals surface area contributed by atoms with Crippen molar-refractivity contribution in [3.63, 3.8) is 0 Å². The van der Waals surface area contributed by atoms with E-state index in [4.69, 9.17) is 0 Å². The van der Waals surface area contributed by atoms with Gasteiger partial charge in [-0.2, -0.15) is 0 Å². The topological polar surface area (TPSA) is 77.0 Å². The van der Waals surface area contributed by atoms with E-state index >= 15 is 0 Å². The van der Waals surface area contributed by atoms with Crippen LogP contribution < -0.4 is 10.6 Å². The van der Waals surface area contributed by atoms with E-state index in [-0.39, 0.29) is 29.7 Å². The first-order valence-corrected chi connectivity index (χ1v) is 11.7. The Labute approximate surface area is 193 Å². The van der Waals surface area contributed by atoms with E-state index in [0.717, 1.165) is 44.9 Å². The molecule has 1 heterocycles. The summed E-state index contributed by atoms with van der Waals surface area (Å²) >= 11 is 0. The van der Waals surface area contributed by atoms with Crippen molar-refractivity contribution in [2.45, 2.75) is 38.8 Å². The summed E-state index contributed by atoms with van der Waals surface area (Å²) < 4.78 is 24.9. The van der Waals surface area contributed by atoms with Gasteiger partial charge in [0.05, 0.1) is 5.75 Å². The van der Waals surface area contributed by atoms with E-state index in [9.17, 15) is 8.42 Å². The number of piperidine rings is 1. The van der Waals surface area contributed by atoms with Crippen LogP contribution in [-0.4, -0.2) is 75.7 Å². The molecule has 0 atom stereocenters. The summed E-state index contributed by atoms with van der Waals surface area (Å²) in [4.78, 5) is 6.79. The summed E-state index contributed by atoms with van der Waals surface area (Å²) in [6.07, 6.45) is 2.92. The molecule has 0 spiro atoms. The number of guanidine groups is 1. The molecule has 1 saturated heterocycles. The van der Waals surface area contributed by atoms with Gasteiger partial charge in [0.25, 0.3) is 0 Å². The quantitative estimate of drug-likeness (QED) is 0.219. The Morgan fingerprint density at radius 2 is 1.90 bits per heavy atom. The Balaban J connectivity index is 0.00000420. The molecule has 0 saturated carbocycles. The standard InChI is InChI=1S/C20H35N5O2S.HI/c1-4-28(26,27)24(3)14-8-13-22-20(21-2)23-19-11-15-25(16-12-19)17-18-9-6-5-7-10-18;/h5-7,9-10,19H,4,8,11-17H2,1-3H3,(H2,21,22,23);1H. The molecule has 0 unspecified atom stereocenters. The Bertz CT molecular complexity index is 707. The zero-order valence-electron chi connectivity index (χ0n) is 17.8. The van der Waals surface area contributed by atoms with Gasteiger partial charge in [0.15, 0.2) is 5.96 Å². The molecule has 1 fully saturated rings. The number of hydrogen-bond acceptors (Lipinski definition) is 4. The molecule has 2 rings (SSSR count). The molecule has 0 radical (unpaired) electrons. The van der Waals surface area contributed by atoms with Gasteiger partial charge in [-0.1, -0.05) is 30.3 Å². The Hall–Kier alpha value is -0.910. The van der Waals surface area contributed by atoms with Crippen molar-refractivity contribution in [3.05, 3.63) is 35.9 Å². The molecule has 29 heavy (non-hydrogen) atoms. The molecular weight excluding hydrogens is 501 g/mol. The van der Waals surface area contributed by atoms with Gasteiger partial charge in [-0.3, -0.25) is 9.89 Å². The molecule has 1 aliphatic rings. The third-order valence-electron chi connectivity index (χ3n) is 5.18. The number of nitrogens with one attached hydrogen (secondary N) is 2. The van der Waals surface area contributed by atoms with Crippen LogP contribution in [-0.2, 0) is 16.6 Å². The summed E-state index contributed by atoms with van der Waals surface area (Å²) in [5.41, 5.74) is 1.36. The average Bonchev–Trinajstić information content (AvgIpc) is 2.72. The second kappa shape index (κ2) is 13.4. The van der Waals surface area contributed by atoms with Gasteiger partial charge >= 0.3 is 0 Å². The van der Waals surface area contributed by atoms with E-state index in [1.54, 1.807) is 21.0 Å². The van der Waals surface area contributed by atoms with Crippen LogP contribution in [0.2, 0.25) is 0 Å². The fourth-order valence-corrected chi connectivity index (χ4v) is 4.18. The lowest BCUT2D eigenvalue weighted by atomic mass is 10.0. The predicted octanol–water partition coefficient (Wildman–Crippen LogP) is 2.11. The zero-order valence-corrected chi connectivity index (χ0v) is 20.9. The number of halogens is 1. The first-order chi connectivity index (χ1) is 13.4. The molecule has 0 aliphatic carbocycles. The number of likely N-dealkylation sites (tertiary alicyclic amines) is 1. The second-order valence-electron chi connectivity index (χ2n) is 7.25. The Morgan fingerprint density at radius 1 is 1.24 bits per heavy atom. The van der Waals surface area contributed by atoms with Gasteiger partial charge in [-0.25, -0.2) is 12.7 Å². The van der Waals surface area contributed by atoms with Crippen LogP contribution in [0.4, 0.5) is 0 Å². The predicted molar refractivity (Wildman–Crippen MR) is 131 cm³/mol.